The van der Waals surface area contributed by atoms with E-state index in [1.807, 2.05) is 18.2 Å². The highest BCUT2D eigenvalue weighted by Crippen LogP contribution is 1.94. The molecule has 0 radical (unpaired) electrons. The molecule has 0 heterocycles. The van der Waals surface area contributed by atoms with Gasteiger partial charge in [-0.15, -0.1) is 7.05 Å². The highest BCUT2D eigenvalue weighted by atomic mass is 16.1. The summed E-state index contributed by atoms with van der Waals surface area (Å²) in [6.07, 6.45) is 0. The van der Waals surface area contributed by atoms with Gasteiger partial charge in [-0.05, 0) is 12.1 Å². The zero-order valence-electron chi connectivity index (χ0n) is 5.58. The van der Waals surface area contributed by atoms with Crippen LogP contribution in [-0.2, 0) is 0 Å². The number of benzene rings is 1. The first-order valence-electron chi connectivity index (χ1n) is 3.06. The molecule has 0 spiro atoms. The van der Waals surface area contributed by atoms with Crippen LogP contribution in [0.2, 0.25) is 0 Å². The first-order valence-corrected chi connectivity index (χ1v) is 3.06. The highest BCUT2D eigenvalue weighted by Gasteiger charge is 2.00. The van der Waals surface area contributed by atoms with Crippen LogP contribution in [-0.4, -0.2) is 5.91 Å². The van der Waals surface area contributed by atoms with Crippen LogP contribution in [0.15, 0.2) is 30.3 Å². The second kappa shape index (κ2) is 3.13. The lowest BCUT2D eigenvalue weighted by atomic mass is 10.2. The standard InChI is InChI=1S/C8H9NO/c1-9-8(10)7-5-3-2-4-6-7/h2-6H,1,9H2. The summed E-state index contributed by atoms with van der Waals surface area (Å²) in [6, 6.07) is 9.07. The molecule has 0 unspecified atom stereocenters. The Balaban J connectivity index is 2.85. The third kappa shape index (κ3) is 1.42. The van der Waals surface area contributed by atoms with E-state index in [-0.39, 0.29) is 5.91 Å². The molecule has 0 aliphatic heterocycles. The number of hydrogen-bond acceptors (Lipinski definition) is 1. The Bertz CT molecular complexity index is 218. The molecule has 0 bridgehead atoms. The lowest BCUT2D eigenvalue weighted by Gasteiger charge is -1.95. The van der Waals surface area contributed by atoms with Gasteiger partial charge in [-0.1, -0.05) is 18.2 Å². The summed E-state index contributed by atoms with van der Waals surface area (Å²) < 4.78 is 0. The normalized spacial score (nSPS) is 9.30. The summed E-state index contributed by atoms with van der Waals surface area (Å²) in [5, 5.41) is 1.31. The average molecular weight is 135 g/mol. The summed E-state index contributed by atoms with van der Waals surface area (Å²) in [5.41, 5.74) is 0.692. The van der Waals surface area contributed by atoms with Gasteiger partial charge in [-0.3, -0.25) is 0 Å². The van der Waals surface area contributed by atoms with Gasteiger partial charge in [0, 0.05) is 0 Å². The minimum atomic E-state index is -0.0272. The summed E-state index contributed by atoms with van der Waals surface area (Å²) in [5.74, 6) is -0.0272. The largest absolute Gasteiger partial charge is 0.411 e. The minimum Gasteiger partial charge on any atom is -0.411 e. The molecule has 1 aromatic rings. The topological polar surface area (TPSA) is 33.7 Å². The van der Waals surface area contributed by atoms with Crippen molar-refractivity contribution >= 4 is 5.91 Å². The average Bonchev–Trinajstić information content (AvgIpc) is 2.05. The van der Waals surface area contributed by atoms with E-state index in [9.17, 15) is 4.79 Å². The molecule has 10 heavy (non-hydrogen) atoms. The van der Waals surface area contributed by atoms with E-state index in [4.69, 9.17) is 0 Å². The SMILES string of the molecule is [CH2-][NH2+]C(=O)c1ccccc1. The second-order valence-corrected chi connectivity index (χ2v) is 1.93. The molecule has 1 amide bonds. The molecule has 52 valence electrons. The van der Waals surface area contributed by atoms with Gasteiger partial charge in [0.25, 0.3) is 0 Å². The fourth-order valence-electron chi connectivity index (χ4n) is 0.720. The minimum absolute atomic E-state index is 0.0272. The molecule has 0 aliphatic rings. The van der Waals surface area contributed by atoms with Crippen LogP contribution in [0.25, 0.3) is 0 Å². The molecule has 0 aromatic heterocycles. The highest BCUT2D eigenvalue weighted by molar-refractivity contribution is 5.86. The van der Waals surface area contributed by atoms with Crippen molar-refractivity contribution in [2.24, 2.45) is 0 Å². The van der Waals surface area contributed by atoms with Crippen LogP contribution in [0.5, 0.6) is 0 Å². The van der Waals surface area contributed by atoms with Crippen molar-refractivity contribution in [3.05, 3.63) is 42.9 Å². The van der Waals surface area contributed by atoms with E-state index in [1.54, 1.807) is 12.1 Å². The van der Waals surface area contributed by atoms with Crippen LogP contribution in [0.4, 0.5) is 0 Å². The summed E-state index contributed by atoms with van der Waals surface area (Å²) in [7, 11) is 3.39. The predicted molar refractivity (Wildman–Crippen MR) is 38.1 cm³/mol. The molecule has 0 aliphatic carbocycles. The lowest BCUT2D eigenvalue weighted by molar-refractivity contribution is -0.489. The van der Waals surface area contributed by atoms with Crippen LogP contribution >= 0.6 is 0 Å². The first-order chi connectivity index (χ1) is 4.84. The van der Waals surface area contributed by atoms with E-state index >= 15 is 0 Å². The number of quaternary nitrogens is 1. The Morgan fingerprint density at radius 3 is 2.40 bits per heavy atom. The van der Waals surface area contributed by atoms with Crippen molar-refractivity contribution in [3.8, 4) is 0 Å². The summed E-state index contributed by atoms with van der Waals surface area (Å²) >= 11 is 0. The number of amides is 1. The molecule has 2 heteroatoms. The first kappa shape index (κ1) is 6.96. The fourth-order valence-corrected chi connectivity index (χ4v) is 0.720. The van der Waals surface area contributed by atoms with Gasteiger partial charge in [0.15, 0.2) is 0 Å². The van der Waals surface area contributed by atoms with Crippen molar-refractivity contribution in [2.75, 3.05) is 0 Å². The fraction of sp³-hybridized carbons (Fsp3) is 0. The number of rotatable bonds is 1. The molecule has 0 atom stereocenters. The summed E-state index contributed by atoms with van der Waals surface area (Å²) in [6.45, 7) is 0. The Morgan fingerprint density at radius 2 is 1.90 bits per heavy atom. The zero-order valence-corrected chi connectivity index (χ0v) is 5.58. The van der Waals surface area contributed by atoms with Gasteiger partial charge in [0.05, 0.1) is 5.56 Å². The smallest absolute Gasteiger partial charge is 0.316 e. The van der Waals surface area contributed by atoms with Crippen LogP contribution in [0.1, 0.15) is 10.4 Å². The third-order valence-corrected chi connectivity index (χ3v) is 1.24. The predicted octanol–water partition coefficient (Wildman–Crippen LogP) is 0.182. The number of carbonyl (C=O) groups excluding carboxylic acids is 1. The zero-order chi connectivity index (χ0) is 7.40. The molecule has 2 nitrogen and oxygen atoms in total. The van der Waals surface area contributed by atoms with Gasteiger partial charge in [0.2, 0.25) is 0 Å². The van der Waals surface area contributed by atoms with Crippen molar-refractivity contribution in [3.63, 3.8) is 0 Å². The summed E-state index contributed by atoms with van der Waals surface area (Å²) in [4.78, 5) is 10.9. The maximum absolute atomic E-state index is 10.9. The molecule has 0 fully saturated rings. The van der Waals surface area contributed by atoms with Crippen LogP contribution in [0, 0.1) is 7.05 Å². The Labute approximate surface area is 59.9 Å². The van der Waals surface area contributed by atoms with Crippen molar-refractivity contribution in [1.82, 2.24) is 0 Å². The van der Waals surface area contributed by atoms with E-state index < -0.39 is 0 Å². The van der Waals surface area contributed by atoms with E-state index in [0.29, 0.717) is 5.56 Å². The van der Waals surface area contributed by atoms with Gasteiger partial charge >= 0.3 is 5.91 Å². The van der Waals surface area contributed by atoms with Crippen molar-refractivity contribution in [1.29, 1.82) is 0 Å². The van der Waals surface area contributed by atoms with Gasteiger partial charge in [0.1, 0.15) is 0 Å². The molecule has 1 rings (SSSR count). The number of nitrogens with two attached hydrogens (primary N) is 1. The number of carbonyl (C=O) groups is 1. The Kier molecular flexibility index (Phi) is 2.18. The monoisotopic (exact) mass is 135 g/mol. The van der Waals surface area contributed by atoms with Gasteiger partial charge < -0.3 is 5.32 Å². The van der Waals surface area contributed by atoms with E-state index in [2.05, 4.69) is 7.05 Å². The van der Waals surface area contributed by atoms with Gasteiger partial charge in [-0.25, -0.2) is 4.79 Å². The second-order valence-electron chi connectivity index (χ2n) is 1.93. The Hall–Kier alpha value is -1.15. The maximum atomic E-state index is 10.9. The molecule has 0 saturated carbocycles. The quantitative estimate of drug-likeness (QED) is 0.548. The lowest BCUT2D eigenvalue weighted by Crippen LogP contribution is -2.81. The van der Waals surface area contributed by atoms with E-state index in [0.717, 1.165) is 0 Å². The Morgan fingerprint density at radius 1 is 1.30 bits per heavy atom. The van der Waals surface area contributed by atoms with Crippen LogP contribution < -0.4 is 5.32 Å². The van der Waals surface area contributed by atoms with Crippen molar-refractivity contribution in [2.45, 2.75) is 0 Å². The molecule has 2 N–H and O–H groups in total. The molecular weight excluding hydrogens is 126 g/mol. The van der Waals surface area contributed by atoms with Crippen LogP contribution in [0.3, 0.4) is 0 Å². The van der Waals surface area contributed by atoms with Crippen molar-refractivity contribution < 1.29 is 10.1 Å². The maximum Gasteiger partial charge on any atom is 0.316 e. The molecular formula is C8H9NO. The number of hydrogen-bond donors (Lipinski definition) is 1. The number of primary amides is 1. The third-order valence-electron chi connectivity index (χ3n) is 1.24. The molecule has 0 saturated heterocycles. The molecule has 1 aromatic carbocycles. The van der Waals surface area contributed by atoms with E-state index in [1.165, 1.54) is 5.32 Å². The van der Waals surface area contributed by atoms with Gasteiger partial charge in [-0.2, -0.15) is 0 Å².